The van der Waals surface area contributed by atoms with Gasteiger partial charge in [0.1, 0.15) is 5.82 Å². The molecule has 0 saturated carbocycles. The van der Waals surface area contributed by atoms with Crippen molar-refractivity contribution in [1.82, 2.24) is 9.13 Å². The number of aryl methyl sites for hydroxylation is 2. The van der Waals surface area contributed by atoms with Crippen molar-refractivity contribution in [3.63, 3.8) is 0 Å². The van der Waals surface area contributed by atoms with Crippen LogP contribution in [0.5, 0.6) is 0 Å². The van der Waals surface area contributed by atoms with E-state index in [0.717, 1.165) is 0 Å². The topological polar surface area (TPSA) is 52.9 Å². The molecule has 0 spiro atoms. The maximum Gasteiger partial charge on any atom is 0.260 e. The Morgan fingerprint density at radius 2 is 2.12 bits per heavy atom. The number of hydrogen-bond donors (Lipinski definition) is 1. The van der Waals surface area contributed by atoms with E-state index in [1.807, 2.05) is 0 Å². The third kappa shape index (κ3) is 1.57. The number of halogens is 2. The first-order chi connectivity index (χ1) is 7.06. The van der Waals surface area contributed by atoms with Crippen LogP contribution in [0.1, 0.15) is 6.92 Å². The number of fused-ring (bicyclic) bond motifs is 1. The van der Waals surface area contributed by atoms with Crippen molar-refractivity contribution in [2.75, 3.05) is 5.73 Å². The number of hydrogen-bond acceptors (Lipinski definition) is 2. The van der Waals surface area contributed by atoms with Gasteiger partial charge in [-0.3, -0.25) is 4.79 Å². The molecule has 2 heterocycles. The fourth-order valence-electron chi connectivity index (χ4n) is 1.72. The maximum atomic E-state index is 13.7. The molecule has 0 aliphatic rings. The second kappa shape index (κ2) is 4.17. The SMILES string of the molecule is CCn1cc(F)c2c(cc(N)n2C)c1=O.Cl. The molecule has 2 N–H and O–H groups in total. The summed E-state index contributed by atoms with van der Waals surface area (Å²) in [4.78, 5) is 11.8. The molecule has 0 aliphatic carbocycles. The third-order valence-corrected chi connectivity index (χ3v) is 2.60. The molecular formula is C10H13ClFN3O. The van der Waals surface area contributed by atoms with Crippen LogP contribution in [0.15, 0.2) is 17.1 Å². The van der Waals surface area contributed by atoms with Crippen LogP contribution in [0.25, 0.3) is 10.9 Å². The number of aromatic nitrogens is 2. The van der Waals surface area contributed by atoms with Gasteiger partial charge in [-0.2, -0.15) is 0 Å². The van der Waals surface area contributed by atoms with Crippen LogP contribution < -0.4 is 11.3 Å². The fraction of sp³-hybridized carbons (Fsp3) is 0.300. The lowest BCUT2D eigenvalue weighted by Crippen LogP contribution is -2.19. The molecule has 0 bridgehead atoms. The molecule has 4 nitrogen and oxygen atoms in total. The van der Waals surface area contributed by atoms with E-state index in [0.29, 0.717) is 17.7 Å². The average molecular weight is 246 g/mol. The van der Waals surface area contributed by atoms with Gasteiger partial charge in [0, 0.05) is 19.8 Å². The molecular weight excluding hydrogens is 233 g/mol. The number of pyridine rings is 1. The Hall–Kier alpha value is -1.49. The van der Waals surface area contributed by atoms with E-state index < -0.39 is 5.82 Å². The highest BCUT2D eigenvalue weighted by Crippen LogP contribution is 2.19. The highest BCUT2D eigenvalue weighted by atomic mass is 35.5. The molecule has 0 aliphatic heterocycles. The molecule has 2 aromatic heterocycles. The summed E-state index contributed by atoms with van der Waals surface area (Å²) in [7, 11) is 1.64. The molecule has 0 atom stereocenters. The molecule has 0 amide bonds. The second-order valence-electron chi connectivity index (χ2n) is 3.46. The molecule has 0 radical (unpaired) electrons. The van der Waals surface area contributed by atoms with E-state index in [1.165, 1.54) is 21.4 Å². The Balaban J connectivity index is 0.00000128. The van der Waals surface area contributed by atoms with Gasteiger partial charge in [0.15, 0.2) is 5.82 Å². The third-order valence-electron chi connectivity index (χ3n) is 2.60. The van der Waals surface area contributed by atoms with Crippen molar-refractivity contribution in [1.29, 1.82) is 0 Å². The quantitative estimate of drug-likeness (QED) is 0.828. The molecule has 0 fully saturated rings. The largest absolute Gasteiger partial charge is 0.385 e. The maximum absolute atomic E-state index is 13.7. The normalized spacial score (nSPS) is 10.4. The van der Waals surface area contributed by atoms with Gasteiger partial charge in [0.05, 0.1) is 10.9 Å². The summed E-state index contributed by atoms with van der Waals surface area (Å²) >= 11 is 0. The molecule has 16 heavy (non-hydrogen) atoms. The zero-order valence-corrected chi connectivity index (χ0v) is 9.84. The fourth-order valence-corrected chi connectivity index (χ4v) is 1.72. The number of nitrogen functional groups attached to an aromatic ring is 1. The molecule has 88 valence electrons. The first-order valence-corrected chi connectivity index (χ1v) is 4.70. The Bertz CT molecular complexity index is 588. The highest BCUT2D eigenvalue weighted by Gasteiger charge is 2.13. The van der Waals surface area contributed by atoms with Crippen LogP contribution >= 0.6 is 12.4 Å². The van der Waals surface area contributed by atoms with E-state index in [4.69, 9.17) is 5.73 Å². The summed E-state index contributed by atoms with van der Waals surface area (Å²) in [5.41, 5.74) is 5.69. The van der Waals surface area contributed by atoms with Gasteiger partial charge < -0.3 is 14.9 Å². The van der Waals surface area contributed by atoms with Crippen molar-refractivity contribution in [3.05, 3.63) is 28.4 Å². The highest BCUT2D eigenvalue weighted by molar-refractivity contribution is 5.85. The monoisotopic (exact) mass is 245 g/mol. The smallest absolute Gasteiger partial charge is 0.260 e. The van der Waals surface area contributed by atoms with E-state index in [2.05, 4.69) is 0 Å². The molecule has 0 aromatic carbocycles. The van der Waals surface area contributed by atoms with Gasteiger partial charge in [0.2, 0.25) is 0 Å². The minimum atomic E-state index is -0.425. The molecule has 6 heteroatoms. The lowest BCUT2D eigenvalue weighted by atomic mass is 10.3. The van der Waals surface area contributed by atoms with Crippen molar-refractivity contribution < 1.29 is 4.39 Å². The Labute approximate surface area is 97.9 Å². The Morgan fingerprint density at radius 3 is 2.69 bits per heavy atom. The van der Waals surface area contributed by atoms with Crippen molar-refractivity contribution in [2.24, 2.45) is 7.05 Å². The number of nitrogens with zero attached hydrogens (tertiary/aromatic N) is 2. The van der Waals surface area contributed by atoms with Gasteiger partial charge in [-0.15, -0.1) is 12.4 Å². The van der Waals surface area contributed by atoms with E-state index >= 15 is 0 Å². The molecule has 2 aromatic rings. The second-order valence-corrected chi connectivity index (χ2v) is 3.46. The van der Waals surface area contributed by atoms with Crippen molar-refractivity contribution in [2.45, 2.75) is 13.5 Å². The van der Waals surface area contributed by atoms with Gasteiger partial charge in [-0.25, -0.2) is 4.39 Å². The standard InChI is InChI=1S/C10H12FN3O.ClH/c1-3-14-5-7(11)9-6(10(14)15)4-8(12)13(9)2;/h4-5H,3,12H2,1-2H3;1H. The van der Waals surface area contributed by atoms with E-state index in [9.17, 15) is 9.18 Å². The average Bonchev–Trinajstić information content (AvgIpc) is 2.50. The van der Waals surface area contributed by atoms with Gasteiger partial charge in [-0.1, -0.05) is 0 Å². The first kappa shape index (κ1) is 12.6. The number of anilines is 1. The van der Waals surface area contributed by atoms with Crippen LogP contribution in [0.2, 0.25) is 0 Å². The predicted molar refractivity (Wildman–Crippen MR) is 64.5 cm³/mol. The zero-order valence-electron chi connectivity index (χ0n) is 9.03. The van der Waals surface area contributed by atoms with Crippen molar-refractivity contribution in [3.8, 4) is 0 Å². The molecule has 2 rings (SSSR count). The van der Waals surface area contributed by atoms with Gasteiger partial charge >= 0.3 is 0 Å². The van der Waals surface area contributed by atoms with Crippen LogP contribution in [-0.2, 0) is 13.6 Å². The molecule has 0 unspecified atom stereocenters. The van der Waals surface area contributed by atoms with E-state index in [-0.39, 0.29) is 23.5 Å². The summed E-state index contributed by atoms with van der Waals surface area (Å²) in [6.07, 6.45) is 1.21. The van der Waals surface area contributed by atoms with Crippen LogP contribution in [0.4, 0.5) is 10.2 Å². The number of rotatable bonds is 1. The summed E-state index contributed by atoms with van der Waals surface area (Å²) < 4.78 is 16.5. The zero-order chi connectivity index (χ0) is 11.2. The van der Waals surface area contributed by atoms with Crippen molar-refractivity contribution >= 4 is 29.1 Å². The predicted octanol–water partition coefficient (Wildman–Crippen LogP) is 1.50. The molecule has 0 saturated heterocycles. The van der Waals surface area contributed by atoms with Crippen LogP contribution in [-0.4, -0.2) is 9.13 Å². The Kier molecular flexibility index (Phi) is 3.28. The van der Waals surface area contributed by atoms with Gasteiger partial charge in [0.25, 0.3) is 5.56 Å². The first-order valence-electron chi connectivity index (χ1n) is 4.70. The summed E-state index contributed by atoms with van der Waals surface area (Å²) in [6, 6.07) is 1.51. The number of nitrogens with two attached hydrogens (primary N) is 1. The lowest BCUT2D eigenvalue weighted by molar-refractivity contribution is 0.598. The van der Waals surface area contributed by atoms with Crippen LogP contribution in [0, 0.1) is 5.82 Å². The summed E-state index contributed by atoms with van der Waals surface area (Å²) in [5.74, 6) is -0.0412. The summed E-state index contributed by atoms with van der Waals surface area (Å²) in [5, 5.41) is 0.330. The van der Waals surface area contributed by atoms with Gasteiger partial charge in [-0.05, 0) is 13.0 Å². The van der Waals surface area contributed by atoms with Crippen LogP contribution in [0.3, 0.4) is 0 Å². The Morgan fingerprint density at radius 1 is 1.50 bits per heavy atom. The minimum absolute atomic E-state index is 0. The van der Waals surface area contributed by atoms with E-state index in [1.54, 1.807) is 14.0 Å². The lowest BCUT2D eigenvalue weighted by Gasteiger charge is -2.04. The summed E-state index contributed by atoms with van der Waals surface area (Å²) in [6.45, 7) is 2.24. The minimum Gasteiger partial charge on any atom is -0.385 e.